The largest absolute Gasteiger partial charge is 0.383 e. The maximum Gasteiger partial charge on any atom is 0.270 e. The van der Waals surface area contributed by atoms with Crippen molar-refractivity contribution >= 4 is 11.6 Å². The number of benzene rings is 1. The zero-order valence-electron chi connectivity index (χ0n) is 17.4. The maximum atomic E-state index is 13.5. The molecule has 0 bridgehead atoms. The van der Waals surface area contributed by atoms with E-state index in [4.69, 9.17) is 11.5 Å². The van der Waals surface area contributed by atoms with Crippen LogP contribution < -0.4 is 16.4 Å². The molecule has 0 amide bonds. The number of alkyl halides is 2. The van der Waals surface area contributed by atoms with Gasteiger partial charge in [0.05, 0.1) is 11.8 Å². The number of hydrogen-bond acceptors (Lipinski definition) is 6. The predicted octanol–water partition coefficient (Wildman–Crippen LogP) is 3.52. The van der Waals surface area contributed by atoms with E-state index in [1.807, 2.05) is 0 Å². The third-order valence-electron chi connectivity index (χ3n) is 6.15. The molecule has 1 aliphatic rings. The first-order chi connectivity index (χ1) is 14.9. The minimum Gasteiger partial charge on any atom is -0.383 e. The molecule has 0 unspecified atom stereocenters. The van der Waals surface area contributed by atoms with Crippen molar-refractivity contribution in [2.24, 2.45) is 11.7 Å². The van der Waals surface area contributed by atoms with Gasteiger partial charge >= 0.3 is 0 Å². The monoisotopic (exact) mass is 427 g/mol. The predicted molar refractivity (Wildman–Crippen MR) is 117 cm³/mol. The Bertz CT molecular complexity index is 992. The van der Waals surface area contributed by atoms with Crippen molar-refractivity contribution in [3.63, 3.8) is 0 Å². The number of piperidine rings is 1. The summed E-state index contributed by atoms with van der Waals surface area (Å²) in [6, 6.07) is 6.60. The maximum absolute atomic E-state index is 13.5. The molecule has 5 N–H and O–H groups in total. The molecule has 0 saturated carbocycles. The van der Waals surface area contributed by atoms with Gasteiger partial charge in [-0.15, -0.1) is 0 Å². The summed E-state index contributed by atoms with van der Waals surface area (Å²) >= 11 is 0. The number of aromatic nitrogens is 4. The quantitative estimate of drug-likeness (QED) is 0.555. The van der Waals surface area contributed by atoms with Crippen molar-refractivity contribution in [1.29, 1.82) is 0 Å². The minimum atomic E-state index is -2.84. The van der Waals surface area contributed by atoms with Gasteiger partial charge in [0.2, 0.25) is 0 Å². The average Bonchev–Trinajstić information content (AvgIpc) is 3.29. The van der Waals surface area contributed by atoms with Crippen LogP contribution in [0, 0.1) is 5.92 Å². The summed E-state index contributed by atoms with van der Waals surface area (Å²) in [5.41, 5.74) is 14.9. The first kappa shape index (κ1) is 21.2. The highest BCUT2D eigenvalue weighted by molar-refractivity contribution is 5.83. The minimum absolute atomic E-state index is 0.0231. The fourth-order valence-corrected chi connectivity index (χ4v) is 4.43. The third-order valence-corrected chi connectivity index (χ3v) is 6.15. The van der Waals surface area contributed by atoms with Gasteiger partial charge in [-0.05, 0) is 36.8 Å². The molecule has 1 saturated heterocycles. The number of hydrogen-bond donors (Lipinski definition) is 3. The lowest BCUT2D eigenvalue weighted by atomic mass is 9.79. The van der Waals surface area contributed by atoms with Crippen LogP contribution in [0.15, 0.2) is 43.0 Å². The van der Waals surface area contributed by atoms with Crippen LogP contribution in [0.1, 0.15) is 36.8 Å². The van der Waals surface area contributed by atoms with E-state index in [0.29, 0.717) is 18.3 Å². The third kappa shape index (κ3) is 4.36. The van der Waals surface area contributed by atoms with Crippen LogP contribution in [-0.4, -0.2) is 39.8 Å². The van der Waals surface area contributed by atoms with Crippen LogP contribution in [0.5, 0.6) is 0 Å². The smallest absolute Gasteiger partial charge is 0.270 e. The Morgan fingerprint density at radius 3 is 2.48 bits per heavy atom. The average molecular weight is 428 g/mol. The Morgan fingerprint density at radius 1 is 1.19 bits per heavy atom. The topological polar surface area (TPSA) is 110 Å². The van der Waals surface area contributed by atoms with Crippen molar-refractivity contribution in [2.45, 2.75) is 31.6 Å². The zero-order chi connectivity index (χ0) is 22.0. The summed E-state index contributed by atoms with van der Waals surface area (Å²) in [5, 5.41) is 6.82. The lowest BCUT2D eigenvalue weighted by molar-refractivity contribution is 0.0174. The van der Waals surface area contributed by atoms with Crippen LogP contribution in [0.25, 0.3) is 11.1 Å². The molecule has 164 valence electrons. The summed E-state index contributed by atoms with van der Waals surface area (Å²) in [6.07, 6.45) is 6.80. The SMILES string of the molecule is CC(F)(F)c1ccc([C@H](CN)C2CCN(c3ncnc(N)c3-c3cn[nH]c3)CC2)cc1. The molecule has 9 heteroatoms. The van der Waals surface area contributed by atoms with Gasteiger partial charge in [0.25, 0.3) is 5.92 Å². The van der Waals surface area contributed by atoms with E-state index in [1.54, 1.807) is 24.5 Å². The summed E-state index contributed by atoms with van der Waals surface area (Å²) in [6.45, 7) is 2.99. The molecular formula is C22H27F2N7. The van der Waals surface area contributed by atoms with Gasteiger partial charge < -0.3 is 16.4 Å². The van der Waals surface area contributed by atoms with E-state index in [0.717, 1.165) is 55.4 Å². The van der Waals surface area contributed by atoms with Crippen molar-refractivity contribution < 1.29 is 8.78 Å². The Hall–Kier alpha value is -3.07. The molecule has 1 aromatic carbocycles. The lowest BCUT2D eigenvalue weighted by Gasteiger charge is -2.37. The molecule has 4 rings (SSSR count). The van der Waals surface area contributed by atoms with E-state index in [2.05, 4.69) is 25.1 Å². The summed E-state index contributed by atoms with van der Waals surface area (Å²) in [5.74, 6) is -1.13. The Morgan fingerprint density at radius 2 is 1.90 bits per heavy atom. The Kier molecular flexibility index (Phi) is 5.86. The molecular weight excluding hydrogens is 400 g/mol. The number of nitrogens with one attached hydrogen (secondary N) is 1. The highest BCUT2D eigenvalue weighted by Gasteiger charge is 2.30. The second kappa shape index (κ2) is 8.58. The van der Waals surface area contributed by atoms with Gasteiger partial charge in [-0.3, -0.25) is 5.10 Å². The highest BCUT2D eigenvalue weighted by atomic mass is 19.3. The van der Waals surface area contributed by atoms with Gasteiger partial charge in [-0.1, -0.05) is 24.3 Å². The second-order valence-electron chi connectivity index (χ2n) is 8.12. The fourth-order valence-electron chi connectivity index (χ4n) is 4.43. The van der Waals surface area contributed by atoms with Crippen molar-refractivity contribution in [2.75, 3.05) is 30.3 Å². The molecule has 1 fully saturated rings. The number of nitrogens with zero attached hydrogens (tertiary/aromatic N) is 4. The van der Waals surface area contributed by atoms with E-state index in [9.17, 15) is 8.78 Å². The highest BCUT2D eigenvalue weighted by Crippen LogP contribution is 2.38. The van der Waals surface area contributed by atoms with E-state index in [-0.39, 0.29) is 11.5 Å². The zero-order valence-corrected chi connectivity index (χ0v) is 17.4. The van der Waals surface area contributed by atoms with Crippen molar-refractivity contribution in [3.8, 4) is 11.1 Å². The fraction of sp³-hybridized carbons (Fsp3) is 0.409. The standard InChI is InChI=1S/C22H27F2N7/c1-22(23,24)17-4-2-14(3-5-17)18(10-25)15-6-8-31(9-7-15)21-19(16-11-29-30-12-16)20(26)27-13-28-21/h2-5,11-13,15,18H,6-10,25H2,1H3,(H,29,30)(H2,26,27,28)/t18-/m0/s1. The number of nitrogens with two attached hydrogens (primary N) is 2. The molecule has 0 spiro atoms. The molecule has 31 heavy (non-hydrogen) atoms. The number of aromatic amines is 1. The number of nitrogen functional groups attached to an aromatic ring is 1. The van der Waals surface area contributed by atoms with E-state index < -0.39 is 5.92 Å². The molecule has 0 radical (unpaired) electrons. The molecule has 3 heterocycles. The second-order valence-corrected chi connectivity index (χ2v) is 8.12. The lowest BCUT2D eigenvalue weighted by Crippen LogP contribution is -2.38. The first-order valence-electron chi connectivity index (χ1n) is 10.4. The van der Waals surface area contributed by atoms with E-state index >= 15 is 0 Å². The molecule has 7 nitrogen and oxygen atoms in total. The molecule has 1 atom stereocenters. The number of rotatable bonds is 6. The number of anilines is 2. The van der Waals surface area contributed by atoms with Crippen molar-refractivity contribution in [1.82, 2.24) is 20.2 Å². The van der Waals surface area contributed by atoms with Gasteiger partial charge in [0.1, 0.15) is 18.0 Å². The number of H-pyrrole nitrogens is 1. The first-order valence-corrected chi connectivity index (χ1v) is 10.4. The van der Waals surface area contributed by atoms with Crippen LogP contribution >= 0.6 is 0 Å². The normalized spacial score (nSPS) is 16.5. The molecule has 1 aliphatic heterocycles. The van der Waals surface area contributed by atoms with Crippen molar-refractivity contribution in [3.05, 3.63) is 54.1 Å². The van der Waals surface area contributed by atoms with Crippen LogP contribution in [0.2, 0.25) is 0 Å². The molecule has 3 aromatic rings. The Balaban J connectivity index is 1.49. The van der Waals surface area contributed by atoms with Crippen LogP contribution in [0.3, 0.4) is 0 Å². The summed E-state index contributed by atoms with van der Waals surface area (Å²) < 4.78 is 27.1. The van der Waals surface area contributed by atoms with Gasteiger partial charge in [0, 0.05) is 37.3 Å². The van der Waals surface area contributed by atoms with Crippen LogP contribution in [-0.2, 0) is 5.92 Å². The van der Waals surface area contributed by atoms with Gasteiger partial charge in [-0.2, -0.15) is 5.10 Å². The number of halogens is 2. The van der Waals surface area contributed by atoms with Gasteiger partial charge in [-0.25, -0.2) is 18.7 Å². The van der Waals surface area contributed by atoms with Gasteiger partial charge in [0.15, 0.2) is 0 Å². The molecule has 0 aliphatic carbocycles. The van der Waals surface area contributed by atoms with Crippen LogP contribution in [0.4, 0.5) is 20.4 Å². The van der Waals surface area contributed by atoms with E-state index in [1.165, 1.54) is 18.5 Å². The summed E-state index contributed by atoms with van der Waals surface area (Å²) in [4.78, 5) is 10.9. The Labute approximate surface area is 179 Å². The summed E-state index contributed by atoms with van der Waals surface area (Å²) in [7, 11) is 0. The molecule has 2 aromatic heterocycles.